The van der Waals surface area contributed by atoms with E-state index in [-0.39, 0.29) is 0 Å². The summed E-state index contributed by atoms with van der Waals surface area (Å²) in [5.74, 6) is 0. The lowest BCUT2D eigenvalue weighted by molar-refractivity contribution is 0.0343. The summed E-state index contributed by atoms with van der Waals surface area (Å²) in [7, 11) is 0. The fourth-order valence-electron chi connectivity index (χ4n) is 2.38. The van der Waals surface area contributed by atoms with Gasteiger partial charge < -0.3 is 10.1 Å². The van der Waals surface area contributed by atoms with Crippen molar-refractivity contribution in [3.63, 3.8) is 0 Å². The number of nitrogens with zero attached hydrogens (tertiary/aromatic N) is 1. The molecule has 0 spiro atoms. The molecule has 102 valence electrons. The van der Waals surface area contributed by atoms with Crippen molar-refractivity contribution in [2.24, 2.45) is 0 Å². The second-order valence-electron chi connectivity index (χ2n) is 5.13. The highest BCUT2D eigenvalue weighted by molar-refractivity contribution is 7.12. The van der Waals surface area contributed by atoms with Gasteiger partial charge in [-0.3, -0.25) is 4.90 Å². The van der Waals surface area contributed by atoms with Gasteiger partial charge in [-0.1, -0.05) is 0 Å². The molecule has 0 radical (unpaired) electrons. The fourth-order valence-corrected chi connectivity index (χ4v) is 3.33. The van der Waals surface area contributed by atoms with Crippen molar-refractivity contribution in [1.82, 2.24) is 10.2 Å². The average molecular weight is 268 g/mol. The number of rotatable bonds is 5. The summed E-state index contributed by atoms with van der Waals surface area (Å²) in [4.78, 5) is 5.33. The van der Waals surface area contributed by atoms with Crippen LogP contribution in [0.4, 0.5) is 0 Å². The van der Waals surface area contributed by atoms with E-state index in [1.807, 2.05) is 11.3 Å². The van der Waals surface area contributed by atoms with Crippen LogP contribution in [-0.2, 0) is 11.3 Å². The molecular weight excluding hydrogens is 244 g/mol. The van der Waals surface area contributed by atoms with Gasteiger partial charge in [0.2, 0.25) is 0 Å². The average Bonchev–Trinajstić information content (AvgIpc) is 2.66. The van der Waals surface area contributed by atoms with Gasteiger partial charge in [0.15, 0.2) is 0 Å². The maximum absolute atomic E-state index is 5.37. The SMILES string of the molecule is Cc1cc(CNC(C)CN2CCOCC2)c(C)s1. The molecule has 1 aliphatic heterocycles. The molecule has 2 rings (SSSR count). The van der Waals surface area contributed by atoms with Gasteiger partial charge in [0, 0.05) is 42.0 Å². The predicted molar refractivity (Wildman–Crippen MR) is 77.4 cm³/mol. The molecule has 18 heavy (non-hydrogen) atoms. The van der Waals surface area contributed by atoms with Crippen molar-refractivity contribution >= 4 is 11.3 Å². The lowest BCUT2D eigenvalue weighted by atomic mass is 10.2. The van der Waals surface area contributed by atoms with E-state index in [0.717, 1.165) is 39.4 Å². The Kier molecular flexibility index (Phi) is 5.18. The molecule has 1 unspecified atom stereocenters. The number of nitrogens with one attached hydrogen (secondary N) is 1. The number of thiophene rings is 1. The van der Waals surface area contributed by atoms with E-state index in [4.69, 9.17) is 4.74 Å². The molecule has 0 amide bonds. The third kappa shape index (κ3) is 4.05. The number of morpholine rings is 1. The first kappa shape index (κ1) is 14.0. The minimum Gasteiger partial charge on any atom is -0.379 e. The molecule has 4 heteroatoms. The first-order valence-electron chi connectivity index (χ1n) is 6.74. The molecular formula is C14H24N2OS. The van der Waals surface area contributed by atoms with Gasteiger partial charge in [0.1, 0.15) is 0 Å². The van der Waals surface area contributed by atoms with Crippen LogP contribution in [0.25, 0.3) is 0 Å². The number of ether oxygens (including phenoxy) is 1. The van der Waals surface area contributed by atoms with Gasteiger partial charge in [0.25, 0.3) is 0 Å². The Balaban J connectivity index is 1.74. The van der Waals surface area contributed by atoms with Crippen molar-refractivity contribution in [1.29, 1.82) is 0 Å². The topological polar surface area (TPSA) is 24.5 Å². The highest BCUT2D eigenvalue weighted by Crippen LogP contribution is 2.20. The molecule has 0 aliphatic carbocycles. The summed E-state index contributed by atoms with van der Waals surface area (Å²) in [6, 6.07) is 2.83. The van der Waals surface area contributed by atoms with Gasteiger partial charge >= 0.3 is 0 Å². The lowest BCUT2D eigenvalue weighted by Crippen LogP contribution is -2.44. The molecule has 1 N–H and O–H groups in total. The summed E-state index contributed by atoms with van der Waals surface area (Å²) >= 11 is 1.89. The Morgan fingerprint density at radius 3 is 2.72 bits per heavy atom. The Hall–Kier alpha value is -0.420. The van der Waals surface area contributed by atoms with E-state index in [1.54, 1.807) is 0 Å². The van der Waals surface area contributed by atoms with E-state index in [1.165, 1.54) is 15.3 Å². The van der Waals surface area contributed by atoms with Crippen LogP contribution in [0.5, 0.6) is 0 Å². The summed E-state index contributed by atoms with van der Waals surface area (Å²) in [6.07, 6.45) is 0. The van der Waals surface area contributed by atoms with Crippen molar-refractivity contribution in [2.75, 3.05) is 32.8 Å². The van der Waals surface area contributed by atoms with Crippen molar-refractivity contribution in [3.05, 3.63) is 21.4 Å². The first-order chi connectivity index (χ1) is 8.65. The standard InChI is InChI=1S/C14H24N2OS/c1-11(10-16-4-6-17-7-5-16)15-9-14-8-12(2)18-13(14)3/h8,11,15H,4-7,9-10H2,1-3H3. The third-order valence-corrected chi connectivity index (χ3v) is 4.43. The molecule has 1 atom stereocenters. The Bertz CT molecular complexity index is 372. The van der Waals surface area contributed by atoms with E-state index < -0.39 is 0 Å². The summed E-state index contributed by atoms with van der Waals surface area (Å²) < 4.78 is 5.37. The van der Waals surface area contributed by atoms with Gasteiger partial charge in [-0.15, -0.1) is 11.3 Å². The molecule has 0 saturated carbocycles. The van der Waals surface area contributed by atoms with Gasteiger partial charge in [-0.25, -0.2) is 0 Å². The molecule has 3 nitrogen and oxygen atoms in total. The van der Waals surface area contributed by atoms with Gasteiger partial charge in [-0.2, -0.15) is 0 Å². The van der Waals surface area contributed by atoms with Gasteiger partial charge in [0.05, 0.1) is 13.2 Å². The number of aryl methyl sites for hydroxylation is 2. The minimum absolute atomic E-state index is 0.530. The predicted octanol–water partition coefficient (Wildman–Crippen LogP) is 2.18. The minimum atomic E-state index is 0.530. The van der Waals surface area contributed by atoms with Crippen LogP contribution in [0.2, 0.25) is 0 Å². The van der Waals surface area contributed by atoms with Crippen molar-refractivity contribution < 1.29 is 4.74 Å². The quantitative estimate of drug-likeness (QED) is 0.886. The zero-order chi connectivity index (χ0) is 13.0. The summed E-state index contributed by atoms with van der Waals surface area (Å²) in [5, 5.41) is 3.62. The molecule has 1 saturated heterocycles. The number of hydrogen-bond donors (Lipinski definition) is 1. The third-order valence-electron chi connectivity index (χ3n) is 3.42. The smallest absolute Gasteiger partial charge is 0.0594 e. The molecule has 1 aliphatic rings. The highest BCUT2D eigenvalue weighted by Gasteiger charge is 2.13. The molecule has 0 bridgehead atoms. The molecule has 1 aromatic heterocycles. The highest BCUT2D eigenvalue weighted by atomic mass is 32.1. The molecule has 1 aromatic rings. The Morgan fingerprint density at radius 1 is 1.39 bits per heavy atom. The lowest BCUT2D eigenvalue weighted by Gasteiger charge is -2.29. The van der Waals surface area contributed by atoms with Crippen LogP contribution >= 0.6 is 11.3 Å². The van der Waals surface area contributed by atoms with E-state index in [2.05, 4.69) is 37.1 Å². The van der Waals surface area contributed by atoms with Crippen molar-refractivity contribution in [2.45, 2.75) is 33.4 Å². The monoisotopic (exact) mass is 268 g/mol. The molecule has 2 heterocycles. The van der Waals surface area contributed by atoms with Gasteiger partial charge in [-0.05, 0) is 32.4 Å². The van der Waals surface area contributed by atoms with Crippen LogP contribution in [0, 0.1) is 13.8 Å². The maximum Gasteiger partial charge on any atom is 0.0594 e. The normalized spacial score (nSPS) is 19.1. The van der Waals surface area contributed by atoms with E-state index >= 15 is 0 Å². The van der Waals surface area contributed by atoms with E-state index in [9.17, 15) is 0 Å². The fraction of sp³-hybridized carbons (Fsp3) is 0.714. The van der Waals surface area contributed by atoms with Crippen molar-refractivity contribution in [3.8, 4) is 0 Å². The molecule has 0 aromatic carbocycles. The molecule has 1 fully saturated rings. The maximum atomic E-state index is 5.37. The largest absolute Gasteiger partial charge is 0.379 e. The number of hydrogen-bond acceptors (Lipinski definition) is 4. The zero-order valence-corrected chi connectivity index (χ0v) is 12.5. The van der Waals surface area contributed by atoms with Crippen LogP contribution in [0.15, 0.2) is 6.07 Å². The summed E-state index contributed by atoms with van der Waals surface area (Å²) in [5.41, 5.74) is 1.45. The zero-order valence-electron chi connectivity index (χ0n) is 11.7. The van der Waals surface area contributed by atoms with Crippen LogP contribution < -0.4 is 5.32 Å². The van der Waals surface area contributed by atoms with Crippen LogP contribution in [-0.4, -0.2) is 43.8 Å². The Morgan fingerprint density at radius 2 is 2.11 bits per heavy atom. The first-order valence-corrected chi connectivity index (χ1v) is 7.56. The Labute approximate surface area is 114 Å². The summed E-state index contributed by atoms with van der Waals surface area (Å²) in [6.45, 7) is 12.7. The second kappa shape index (κ2) is 6.66. The van der Waals surface area contributed by atoms with Crippen LogP contribution in [0.1, 0.15) is 22.2 Å². The van der Waals surface area contributed by atoms with Crippen LogP contribution in [0.3, 0.4) is 0 Å². The second-order valence-corrected chi connectivity index (χ2v) is 6.59. The van der Waals surface area contributed by atoms with E-state index in [0.29, 0.717) is 6.04 Å².